The number of rotatable bonds is 2. The molecule has 0 N–H and O–H groups in total. The number of aryl methyl sites for hydroxylation is 2. The lowest BCUT2D eigenvalue weighted by molar-refractivity contribution is -0.0568. The van der Waals surface area contributed by atoms with Crippen LogP contribution in [0.15, 0.2) is 6.07 Å². The first-order valence-electron chi connectivity index (χ1n) is 4.60. The van der Waals surface area contributed by atoms with Crippen LogP contribution in [0.1, 0.15) is 21.6 Å². The average Bonchev–Trinajstić information content (AvgIpc) is 2.71. The molecule has 1 fully saturated rings. The summed E-state index contributed by atoms with van der Waals surface area (Å²) in [7, 11) is 0. The Labute approximate surface area is 92.8 Å². The van der Waals surface area contributed by atoms with Crippen molar-refractivity contribution in [1.82, 2.24) is 0 Å². The van der Waals surface area contributed by atoms with Crippen molar-refractivity contribution in [2.45, 2.75) is 26.2 Å². The van der Waals surface area contributed by atoms with Crippen molar-refractivity contribution in [2.75, 3.05) is 12.5 Å². The number of thiophene rings is 1. The Kier molecular flexibility index (Phi) is 3.12. The Morgan fingerprint density at radius 1 is 1.57 bits per heavy atom. The van der Waals surface area contributed by atoms with E-state index in [0.717, 1.165) is 5.56 Å². The fraction of sp³-hybridized carbons (Fsp3) is 0.600. The molecule has 78 valence electrons. The molecule has 0 spiro atoms. The van der Waals surface area contributed by atoms with E-state index in [9.17, 15) is 0 Å². The number of alkyl halides is 1. The topological polar surface area (TPSA) is 18.5 Å². The van der Waals surface area contributed by atoms with Gasteiger partial charge in [-0.25, -0.2) is 0 Å². The van der Waals surface area contributed by atoms with Crippen LogP contribution in [0.3, 0.4) is 0 Å². The van der Waals surface area contributed by atoms with Crippen LogP contribution >= 0.6 is 22.9 Å². The van der Waals surface area contributed by atoms with Crippen LogP contribution in [-0.2, 0) is 9.47 Å². The van der Waals surface area contributed by atoms with Crippen molar-refractivity contribution >= 4 is 22.9 Å². The minimum absolute atomic E-state index is 0.0428. The molecule has 1 aliphatic rings. The number of ether oxygens (including phenoxy) is 2. The SMILES string of the molecule is Cc1cc(C2OCC(CCl)O2)c(C)s1. The smallest absolute Gasteiger partial charge is 0.185 e. The summed E-state index contributed by atoms with van der Waals surface area (Å²) in [5.74, 6) is 0.499. The number of halogens is 1. The van der Waals surface area contributed by atoms with Crippen LogP contribution in [0, 0.1) is 13.8 Å². The second kappa shape index (κ2) is 4.19. The third-order valence-corrected chi connectivity index (χ3v) is 3.58. The molecule has 0 aliphatic carbocycles. The largest absolute Gasteiger partial charge is 0.346 e. The molecule has 2 nitrogen and oxygen atoms in total. The normalized spacial score (nSPS) is 27.1. The molecule has 4 heteroatoms. The Balaban J connectivity index is 2.13. The zero-order valence-electron chi connectivity index (χ0n) is 8.25. The van der Waals surface area contributed by atoms with Crippen LogP contribution in [0.25, 0.3) is 0 Å². The van der Waals surface area contributed by atoms with Crippen molar-refractivity contribution in [3.8, 4) is 0 Å². The van der Waals surface area contributed by atoms with Crippen molar-refractivity contribution in [2.24, 2.45) is 0 Å². The first kappa shape index (κ1) is 10.4. The lowest BCUT2D eigenvalue weighted by Crippen LogP contribution is -2.10. The second-order valence-electron chi connectivity index (χ2n) is 3.45. The zero-order valence-corrected chi connectivity index (χ0v) is 9.82. The Hall–Kier alpha value is -0.0900. The van der Waals surface area contributed by atoms with Gasteiger partial charge in [-0.1, -0.05) is 0 Å². The van der Waals surface area contributed by atoms with Gasteiger partial charge in [0.2, 0.25) is 0 Å². The van der Waals surface area contributed by atoms with E-state index in [4.69, 9.17) is 21.1 Å². The Bertz CT molecular complexity index is 324. The van der Waals surface area contributed by atoms with Gasteiger partial charge in [0.15, 0.2) is 6.29 Å². The van der Waals surface area contributed by atoms with E-state index in [1.807, 2.05) is 0 Å². The lowest BCUT2D eigenvalue weighted by atomic mass is 10.2. The monoisotopic (exact) mass is 232 g/mol. The third kappa shape index (κ3) is 1.96. The summed E-state index contributed by atoms with van der Waals surface area (Å²) in [4.78, 5) is 2.56. The summed E-state index contributed by atoms with van der Waals surface area (Å²) in [5.41, 5.74) is 1.15. The van der Waals surface area contributed by atoms with Crippen molar-refractivity contribution in [3.05, 3.63) is 21.4 Å². The van der Waals surface area contributed by atoms with E-state index in [2.05, 4.69) is 19.9 Å². The van der Waals surface area contributed by atoms with E-state index in [-0.39, 0.29) is 12.4 Å². The Morgan fingerprint density at radius 3 is 2.86 bits per heavy atom. The van der Waals surface area contributed by atoms with Gasteiger partial charge in [0.1, 0.15) is 0 Å². The molecule has 2 unspecified atom stereocenters. The highest BCUT2D eigenvalue weighted by atomic mass is 35.5. The molecule has 1 aromatic heterocycles. The number of hydrogen-bond acceptors (Lipinski definition) is 3. The third-order valence-electron chi connectivity index (χ3n) is 2.25. The summed E-state index contributed by atoms with van der Waals surface area (Å²) in [6.07, 6.45) is -0.162. The molecule has 0 aromatic carbocycles. The summed E-state index contributed by atoms with van der Waals surface area (Å²) in [6, 6.07) is 2.13. The molecule has 0 saturated carbocycles. The Morgan fingerprint density at radius 2 is 2.36 bits per heavy atom. The van der Waals surface area contributed by atoms with Crippen LogP contribution < -0.4 is 0 Å². The summed E-state index contributed by atoms with van der Waals surface area (Å²) in [6.45, 7) is 4.78. The molecule has 0 bridgehead atoms. The molecule has 2 heterocycles. The molecular weight excluding hydrogens is 220 g/mol. The van der Waals surface area contributed by atoms with E-state index in [1.165, 1.54) is 9.75 Å². The van der Waals surface area contributed by atoms with Crippen molar-refractivity contribution < 1.29 is 9.47 Å². The number of hydrogen-bond donors (Lipinski definition) is 0. The van der Waals surface area contributed by atoms with E-state index in [0.29, 0.717) is 12.5 Å². The van der Waals surface area contributed by atoms with E-state index < -0.39 is 0 Å². The molecule has 14 heavy (non-hydrogen) atoms. The van der Waals surface area contributed by atoms with Crippen LogP contribution in [0.2, 0.25) is 0 Å². The van der Waals surface area contributed by atoms with Gasteiger partial charge in [0, 0.05) is 15.3 Å². The van der Waals surface area contributed by atoms with Crippen LogP contribution in [0.5, 0.6) is 0 Å². The molecule has 2 rings (SSSR count). The van der Waals surface area contributed by atoms with Gasteiger partial charge in [-0.15, -0.1) is 22.9 Å². The standard InChI is InChI=1S/C10H13ClO2S/c1-6-3-9(7(2)14-6)10-12-5-8(4-11)13-10/h3,8,10H,4-5H2,1-2H3. The second-order valence-corrected chi connectivity index (χ2v) is 5.22. The van der Waals surface area contributed by atoms with Crippen molar-refractivity contribution in [1.29, 1.82) is 0 Å². The van der Waals surface area contributed by atoms with E-state index >= 15 is 0 Å². The van der Waals surface area contributed by atoms with Crippen LogP contribution in [0.4, 0.5) is 0 Å². The molecule has 2 atom stereocenters. The maximum atomic E-state index is 5.70. The first-order valence-corrected chi connectivity index (χ1v) is 5.95. The molecule has 1 aromatic rings. The predicted octanol–water partition coefficient (Wildman–Crippen LogP) is 3.02. The zero-order chi connectivity index (χ0) is 10.1. The van der Waals surface area contributed by atoms with Gasteiger partial charge in [0.05, 0.1) is 18.6 Å². The van der Waals surface area contributed by atoms with E-state index in [1.54, 1.807) is 11.3 Å². The maximum absolute atomic E-state index is 5.70. The molecular formula is C10H13ClO2S. The molecule has 1 aliphatic heterocycles. The van der Waals surface area contributed by atoms with Crippen LogP contribution in [-0.4, -0.2) is 18.6 Å². The highest BCUT2D eigenvalue weighted by Gasteiger charge is 2.28. The van der Waals surface area contributed by atoms with Gasteiger partial charge in [-0.05, 0) is 19.9 Å². The van der Waals surface area contributed by atoms with Gasteiger partial charge < -0.3 is 9.47 Å². The summed E-state index contributed by atoms with van der Waals surface area (Å²) >= 11 is 7.48. The fourth-order valence-corrected chi connectivity index (χ4v) is 2.68. The lowest BCUT2D eigenvalue weighted by Gasteiger charge is -2.09. The average molecular weight is 233 g/mol. The van der Waals surface area contributed by atoms with Gasteiger partial charge >= 0.3 is 0 Å². The first-order chi connectivity index (χ1) is 6.70. The molecule has 1 saturated heterocycles. The summed E-state index contributed by atoms with van der Waals surface area (Å²) < 4.78 is 11.2. The summed E-state index contributed by atoms with van der Waals surface area (Å²) in [5, 5.41) is 0. The molecule has 0 amide bonds. The molecule has 0 radical (unpaired) electrons. The van der Waals surface area contributed by atoms with Crippen molar-refractivity contribution in [3.63, 3.8) is 0 Å². The minimum atomic E-state index is -0.205. The highest BCUT2D eigenvalue weighted by Crippen LogP contribution is 2.33. The highest BCUT2D eigenvalue weighted by molar-refractivity contribution is 7.12. The predicted molar refractivity (Wildman–Crippen MR) is 58.1 cm³/mol. The minimum Gasteiger partial charge on any atom is -0.346 e. The van der Waals surface area contributed by atoms with Gasteiger partial charge in [0.25, 0.3) is 0 Å². The maximum Gasteiger partial charge on any atom is 0.185 e. The van der Waals surface area contributed by atoms with Gasteiger partial charge in [-0.2, -0.15) is 0 Å². The quantitative estimate of drug-likeness (QED) is 0.730. The van der Waals surface area contributed by atoms with Gasteiger partial charge in [-0.3, -0.25) is 0 Å². The fourth-order valence-electron chi connectivity index (χ4n) is 1.58.